The molecule has 0 aromatic carbocycles. The maximum absolute atomic E-state index is 12.4. The van der Waals surface area contributed by atoms with Crippen molar-refractivity contribution in [1.29, 1.82) is 0 Å². The monoisotopic (exact) mass is 378 g/mol. The molecule has 0 spiro atoms. The summed E-state index contributed by atoms with van der Waals surface area (Å²) in [5.74, 6) is -0.348. The molecule has 3 rings (SSSR count). The molecule has 2 aromatic heterocycles. The molecule has 0 atom stereocenters. The lowest BCUT2D eigenvalue weighted by atomic mass is 9.95. The van der Waals surface area contributed by atoms with Crippen molar-refractivity contribution in [3.05, 3.63) is 28.4 Å². The first-order valence-electron chi connectivity index (χ1n) is 8.48. The Hall–Kier alpha value is -1.80. The number of carbonyl (C=O) groups excluding carboxylic acids is 2. The van der Waals surface area contributed by atoms with Crippen molar-refractivity contribution >= 4 is 39.9 Å². The molecular formula is C17H22N4O2S2. The number of aromatic nitrogens is 2. The van der Waals surface area contributed by atoms with Gasteiger partial charge >= 0.3 is 0 Å². The van der Waals surface area contributed by atoms with Crippen LogP contribution in [0.15, 0.2) is 17.6 Å². The van der Waals surface area contributed by atoms with Crippen molar-refractivity contribution in [3.63, 3.8) is 0 Å². The average molecular weight is 379 g/mol. The summed E-state index contributed by atoms with van der Waals surface area (Å²) < 4.78 is 2.04. The van der Waals surface area contributed by atoms with Crippen LogP contribution in [-0.4, -0.2) is 27.1 Å². The molecule has 0 saturated heterocycles. The maximum Gasteiger partial charge on any atom is 0.251 e. The van der Waals surface area contributed by atoms with Crippen LogP contribution in [0.3, 0.4) is 0 Å². The highest BCUT2D eigenvalue weighted by Gasteiger charge is 2.25. The molecule has 0 aliphatic heterocycles. The first kappa shape index (κ1) is 18.0. The molecule has 0 fully saturated rings. The molecule has 0 unspecified atom stereocenters. The zero-order valence-electron chi connectivity index (χ0n) is 14.2. The molecule has 1 aliphatic rings. The predicted molar refractivity (Wildman–Crippen MR) is 101 cm³/mol. The van der Waals surface area contributed by atoms with Gasteiger partial charge in [-0.05, 0) is 37.7 Å². The van der Waals surface area contributed by atoms with Crippen LogP contribution in [0, 0.1) is 0 Å². The Morgan fingerprint density at radius 2 is 2.20 bits per heavy atom. The van der Waals surface area contributed by atoms with Crippen LogP contribution in [0.4, 0.5) is 5.00 Å². The zero-order valence-corrected chi connectivity index (χ0v) is 15.8. The fourth-order valence-corrected chi connectivity index (χ4v) is 5.15. The second-order valence-corrected chi connectivity index (χ2v) is 8.07. The summed E-state index contributed by atoms with van der Waals surface area (Å²) in [5, 5.41) is 4.31. The van der Waals surface area contributed by atoms with Crippen molar-refractivity contribution < 1.29 is 9.59 Å². The van der Waals surface area contributed by atoms with Gasteiger partial charge in [0.05, 0.1) is 11.3 Å². The number of aryl methyl sites for hydroxylation is 2. The third kappa shape index (κ3) is 4.07. The summed E-state index contributed by atoms with van der Waals surface area (Å²) in [4.78, 5) is 29.7. The number of hydrogen-bond acceptors (Lipinski definition) is 5. The van der Waals surface area contributed by atoms with Gasteiger partial charge in [-0.1, -0.05) is 18.7 Å². The largest absolute Gasteiger partial charge is 0.365 e. The quantitative estimate of drug-likeness (QED) is 0.725. The minimum absolute atomic E-state index is 0.142. The van der Waals surface area contributed by atoms with Crippen molar-refractivity contribution in [2.24, 2.45) is 5.73 Å². The average Bonchev–Trinajstić information content (AvgIpc) is 3.16. The van der Waals surface area contributed by atoms with Crippen LogP contribution >= 0.6 is 23.1 Å². The molecular weight excluding hydrogens is 356 g/mol. The smallest absolute Gasteiger partial charge is 0.251 e. The van der Waals surface area contributed by atoms with Gasteiger partial charge in [-0.15, -0.1) is 11.3 Å². The number of nitrogens with zero attached hydrogens (tertiary/aromatic N) is 2. The van der Waals surface area contributed by atoms with E-state index in [1.54, 1.807) is 6.20 Å². The van der Waals surface area contributed by atoms with E-state index < -0.39 is 5.91 Å². The number of primary amides is 1. The van der Waals surface area contributed by atoms with E-state index in [0.717, 1.165) is 49.4 Å². The van der Waals surface area contributed by atoms with Gasteiger partial charge in [0, 0.05) is 23.8 Å². The molecule has 2 amide bonds. The fraction of sp³-hybridized carbons (Fsp3) is 0.471. The van der Waals surface area contributed by atoms with Crippen LogP contribution in [0.1, 0.15) is 47.0 Å². The van der Waals surface area contributed by atoms with Crippen LogP contribution in [0.5, 0.6) is 0 Å². The second-order valence-electron chi connectivity index (χ2n) is 6.02. The Labute approximate surface area is 155 Å². The van der Waals surface area contributed by atoms with Gasteiger partial charge in [-0.25, -0.2) is 4.98 Å². The van der Waals surface area contributed by atoms with Gasteiger partial charge in [0.2, 0.25) is 5.91 Å². The minimum atomic E-state index is -0.458. The Morgan fingerprint density at radius 3 is 2.96 bits per heavy atom. The predicted octanol–water partition coefficient (Wildman–Crippen LogP) is 3.06. The summed E-state index contributed by atoms with van der Waals surface area (Å²) in [6.07, 6.45) is 8.68. The molecule has 0 saturated carbocycles. The number of amides is 2. The van der Waals surface area contributed by atoms with Gasteiger partial charge in [0.1, 0.15) is 5.00 Å². The van der Waals surface area contributed by atoms with E-state index in [4.69, 9.17) is 5.73 Å². The van der Waals surface area contributed by atoms with Crippen LogP contribution in [0.25, 0.3) is 0 Å². The highest BCUT2D eigenvalue weighted by Crippen LogP contribution is 2.38. The summed E-state index contributed by atoms with van der Waals surface area (Å²) in [7, 11) is 0. The molecule has 3 N–H and O–H groups in total. The summed E-state index contributed by atoms with van der Waals surface area (Å²) >= 11 is 2.89. The number of nitrogens with two attached hydrogens (primary N) is 1. The molecule has 25 heavy (non-hydrogen) atoms. The third-order valence-electron chi connectivity index (χ3n) is 4.14. The van der Waals surface area contributed by atoms with E-state index >= 15 is 0 Å². The van der Waals surface area contributed by atoms with E-state index in [2.05, 4.69) is 17.2 Å². The molecule has 2 aromatic rings. The number of fused-ring (bicyclic) bond motifs is 1. The van der Waals surface area contributed by atoms with Gasteiger partial charge in [-0.2, -0.15) is 0 Å². The van der Waals surface area contributed by atoms with E-state index in [0.29, 0.717) is 10.6 Å². The van der Waals surface area contributed by atoms with E-state index in [1.807, 2.05) is 10.8 Å². The molecule has 0 bridgehead atoms. The lowest BCUT2D eigenvalue weighted by molar-refractivity contribution is -0.113. The number of imidazole rings is 1. The summed E-state index contributed by atoms with van der Waals surface area (Å²) in [6.45, 7) is 2.98. The molecule has 2 heterocycles. The van der Waals surface area contributed by atoms with Gasteiger partial charge in [0.25, 0.3) is 5.91 Å². The highest BCUT2D eigenvalue weighted by atomic mass is 32.2. The summed E-state index contributed by atoms with van der Waals surface area (Å²) in [5.41, 5.74) is 7.10. The first-order valence-corrected chi connectivity index (χ1v) is 10.3. The minimum Gasteiger partial charge on any atom is -0.365 e. The summed E-state index contributed by atoms with van der Waals surface area (Å²) in [6, 6.07) is 0. The molecule has 0 radical (unpaired) electrons. The zero-order chi connectivity index (χ0) is 17.8. The van der Waals surface area contributed by atoms with Crippen molar-refractivity contribution in [1.82, 2.24) is 9.55 Å². The van der Waals surface area contributed by atoms with E-state index in [-0.39, 0.29) is 11.7 Å². The Morgan fingerprint density at radius 1 is 1.40 bits per heavy atom. The van der Waals surface area contributed by atoms with Gasteiger partial charge in [0.15, 0.2) is 5.16 Å². The Kier molecular flexibility index (Phi) is 5.80. The number of thiophene rings is 1. The first-order chi connectivity index (χ1) is 12.1. The lowest BCUT2D eigenvalue weighted by Crippen LogP contribution is -2.19. The van der Waals surface area contributed by atoms with E-state index in [9.17, 15) is 9.59 Å². The van der Waals surface area contributed by atoms with Crippen LogP contribution < -0.4 is 11.1 Å². The number of hydrogen-bond donors (Lipinski definition) is 2. The molecule has 134 valence electrons. The molecule has 8 heteroatoms. The topological polar surface area (TPSA) is 90.0 Å². The van der Waals surface area contributed by atoms with Gasteiger partial charge in [-0.3, -0.25) is 9.59 Å². The number of nitrogens with one attached hydrogen (secondary N) is 1. The number of thioether (sulfide) groups is 1. The second kappa shape index (κ2) is 8.05. The molecule has 1 aliphatic carbocycles. The number of rotatable bonds is 7. The number of carbonyl (C=O) groups is 2. The highest BCUT2D eigenvalue weighted by molar-refractivity contribution is 7.99. The fourth-order valence-electron chi connectivity index (χ4n) is 3.05. The SMILES string of the molecule is CCCn1ccnc1SCC(=O)Nc1sc2c(c1C(N)=O)CCCC2. The molecule has 6 nitrogen and oxygen atoms in total. The van der Waals surface area contributed by atoms with Crippen molar-refractivity contribution in [3.8, 4) is 0 Å². The normalized spacial score (nSPS) is 13.5. The lowest BCUT2D eigenvalue weighted by Gasteiger charge is -2.11. The number of anilines is 1. The Balaban J connectivity index is 1.68. The van der Waals surface area contributed by atoms with E-state index in [1.165, 1.54) is 28.0 Å². The van der Waals surface area contributed by atoms with Crippen molar-refractivity contribution in [2.75, 3.05) is 11.1 Å². The Bertz CT molecular complexity index is 782. The van der Waals surface area contributed by atoms with Gasteiger partial charge < -0.3 is 15.6 Å². The standard InChI is InChI=1S/C17H22N4O2S2/c1-2-8-21-9-7-19-17(21)24-10-13(22)20-16-14(15(18)23)11-5-3-4-6-12(11)25-16/h7,9H,2-6,8,10H2,1H3,(H2,18,23)(H,20,22). The third-order valence-corrected chi connectivity index (χ3v) is 6.36. The van der Waals surface area contributed by atoms with Crippen LogP contribution in [0.2, 0.25) is 0 Å². The van der Waals surface area contributed by atoms with Crippen molar-refractivity contribution in [2.45, 2.75) is 50.7 Å². The maximum atomic E-state index is 12.4. The van der Waals surface area contributed by atoms with Crippen LogP contribution in [-0.2, 0) is 24.2 Å².